The van der Waals surface area contributed by atoms with Gasteiger partial charge in [0.15, 0.2) is 0 Å². The van der Waals surface area contributed by atoms with Crippen LogP contribution in [0.3, 0.4) is 0 Å². The molecular weight excluding hydrogens is 346 g/mol. The fraction of sp³-hybridized carbons (Fsp3) is 0.118. The molecule has 1 amide bonds. The second-order valence-corrected chi connectivity index (χ2v) is 6.70. The summed E-state index contributed by atoms with van der Waals surface area (Å²) in [5, 5.41) is 10.6. The minimum Gasteiger partial charge on any atom is -0.550 e. The molecule has 1 aliphatic rings. The van der Waals surface area contributed by atoms with E-state index in [0.29, 0.717) is 20.7 Å². The fourth-order valence-corrected chi connectivity index (χ4v) is 3.50. The molecule has 0 N–H and O–H groups in total. The highest BCUT2D eigenvalue weighted by atomic mass is 32.2. The molecule has 0 bridgehead atoms. The van der Waals surface area contributed by atoms with Gasteiger partial charge >= 0.3 is 0 Å². The Morgan fingerprint density at radius 3 is 2.71 bits per heavy atom. The summed E-state index contributed by atoms with van der Waals surface area (Å²) in [4.78, 5) is 24.5. The number of thiocarbonyl (C=S) groups is 1. The van der Waals surface area contributed by atoms with Crippen LogP contribution in [0.5, 0.6) is 0 Å². The molecule has 0 aliphatic carbocycles. The first-order chi connectivity index (χ1) is 11.5. The molecule has 0 radical (unpaired) electrons. The van der Waals surface area contributed by atoms with Crippen molar-refractivity contribution < 1.29 is 19.1 Å². The number of aliphatic carboxylic acids is 1. The van der Waals surface area contributed by atoms with Crippen LogP contribution in [-0.2, 0) is 9.59 Å². The number of carboxylic acids is 1. The molecule has 2 aromatic rings. The topological polar surface area (TPSA) is 73.6 Å². The Bertz CT molecular complexity index is 826. The van der Waals surface area contributed by atoms with Crippen LogP contribution in [0.2, 0.25) is 0 Å². The van der Waals surface area contributed by atoms with Crippen LogP contribution >= 0.6 is 24.0 Å². The summed E-state index contributed by atoms with van der Waals surface area (Å²) in [6, 6.07) is 13.2. The van der Waals surface area contributed by atoms with Crippen molar-refractivity contribution in [2.45, 2.75) is 6.42 Å². The van der Waals surface area contributed by atoms with Crippen molar-refractivity contribution in [3.8, 4) is 11.3 Å². The van der Waals surface area contributed by atoms with Crippen LogP contribution in [0.15, 0.2) is 51.8 Å². The van der Waals surface area contributed by atoms with Crippen molar-refractivity contribution in [2.75, 3.05) is 6.54 Å². The maximum Gasteiger partial charge on any atom is 0.266 e. The van der Waals surface area contributed by atoms with Crippen LogP contribution < -0.4 is 5.11 Å². The molecule has 0 atom stereocenters. The van der Waals surface area contributed by atoms with E-state index in [0.717, 1.165) is 17.3 Å². The Hall–Kier alpha value is -2.38. The summed E-state index contributed by atoms with van der Waals surface area (Å²) in [5.74, 6) is -0.293. The van der Waals surface area contributed by atoms with E-state index in [1.165, 1.54) is 4.90 Å². The standard InChI is InChI=1S/C17H13NO4S2/c19-15(20)8-9-18-16(21)14(24-17(18)23)10-12-6-7-13(22-12)11-4-2-1-3-5-11/h1-7,10H,8-9H2,(H,19,20)/p-1/b14-10+. The minimum atomic E-state index is -1.22. The first-order valence-corrected chi connectivity index (χ1v) is 8.37. The van der Waals surface area contributed by atoms with Gasteiger partial charge in [0.05, 0.1) is 4.91 Å². The number of carbonyl (C=O) groups is 2. The summed E-state index contributed by atoms with van der Waals surface area (Å²) in [6.45, 7) is 0.0117. The van der Waals surface area contributed by atoms with Crippen molar-refractivity contribution >= 4 is 46.3 Å². The first-order valence-electron chi connectivity index (χ1n) is 7.15. The molecule has 0 spiro atoms. The van der Waals surface area contributed by atoms with Crippen molar-refractivity contribution in [1.82, 2.24) is 4.90 Å². The van der Waals surface area contributed by atoms with E-state index in [1.54, 1.807) is 12.1 Å². The van der Waals surface area contributed by atoms with Gasteiger partial charge in [-0.1, -0.05) is 54.3 Å². The van der Waals surface area contributed by atoms with E-state index in [9.17, 15) is 14.7 Å². The van der Waals surface area contributed by atoms with Crippen molar-refractivity contribution in [3.63, 3.8) is 0 Å². The van der Waals surface area contributed by atoms with Crippen molar-refractivity contribution in [1.29, 1.82) is 0 Å². The van der Waals surface area contributed by atoms with Gasteiger partial charge in [-0.2, -0.15) is 0 Å². The lowest BCUT2D eigenvalue weighted by molar-refractivity contribution is -0.305. The monoisotopic (exact) mass is 358 g/mol. The summed E-state index contributed by atoms with van der Waals surface area (Å²) in [6.07, 6.45) is 1.36. The third kappa shape index (κ3) is 3.58. The summed E-state index contributed by atoms with van der Waals surface area (Å²) in [7, 11) is 0. The summed E-state index contributed by atoms with van der Waals surface area (Å²) >= 11 is 6.26. The molecule has 0 unspecified atom stereocenters. The van der Waals surface area contributed by atoms with Gasteiger partial charge in [0.1, 0.15) is 15.8 Å². The van der Waals surface area contributed by atoms with E-state index in [-0.39, 0.29) is 18.9 Å². The largest absolute Gasteiger partial charge is 0.550 e. The molecule has 1 aromatic carbocycles. The summed E-state index contributed by atoms with van der Waals surface area (Å²) < 4.78 is 6.08. The second-order valence-electron chi connectivity index (χ2n) is 5.02. The predicted molar refractivity (Wildman–Crippen MR) is 93.6 cm³/mol. The first kappa shape index (κ1) is 16.5. The molecule has 5 nitrogen and oxygen atoms in total. The Kier molecular flexibility index (Phi) is 4.82. The Morgan fingerprint density at radius 2 is 2.00 bits per heavy atom. The smallest absolute Gasteiger partial charge is 0.266 e. The molecule has 3 rings (SSSR count). The highest BCUT2D eigenvalue weighted by Crippen LogP contribution is 2.33. The average Bonchev–Trinajstić information content (AvgIpc) is 3.13. The highest BCUT2D eigenvalue weighted by Gasteiger charge is 2.31. The van der Waals surface area contributed by atoms with E-state index in [2.05, 4.69) is 0 Å². The van der Waals surface area contributed by atoms with Crippen LogP contribution in [0.4, 0.5) is 0 Å². The molecule has 122 valence electrons. The molecule has 7 heteroatoms. The zero-order chi connectivity index (χ0) is 17.1. The Morgan fingerprint density at radius 1 is 1.25 bits per heavy atom. The Balaban J connectivity index is 1.77. The van der Waals surface area contributed by atoms with Crippen molar-refractivity contribution in [3.05, 3.63) is 53.1 Å². The lowest BCUT2D eigenvalue weighted by Crippen LogP contribution is -2.33. The number of hydrogen-bond donors (Lipinski definition) is 0. The third-order valence-electron chi connectivity index (χ3n) is 3.37. The van der Waals surface area contributed by atoms with E-state index < -0.39 is 5.97 Å². The molecule has 1 fully saturated rings. The molecular formula is C17H12NO4S2-. The van der Waals surface area contributed by atoms with Gasteiger partial charge in [-0.15, -0.1) is 0 Å². The number of thioether (sulfide) groups is 1. The highest BCUT2D eigenvalue weighted by molar-refractivity contribution is 8.26. The van der Waals surface area contributed by atoms with E-state index in [4.69, 9.17) is 16.6 Å². The van der Waals surface area contributed by atoms with Gasteiger partial charge in [0.25, 0.3) is 5.91 Å². The molecule has 24 heavy (non-hydrogen) atoms. The van der Waals surface area contributed by atoms with Gasteiger partial charge < -0.3 is 14.3 Å². The van der Waals surface area contributed by atoms with E-state index >= 15 is 0 Å². The number of nitrogens with zero attached hydrogens (tertiary/aromatic N) is 1. The molecule has 2 heterocycles. The van der Waals surface area contributed by atoms with Gasteiger partial charge in [0, 0.05) is 30.6 Å². The predicted octanol–water partition coefficient (Wildman–Crippen LogP) is 2.29. The zero-order valence-corrected chi connectivity index (χ0v) is 14.1. The molecule has 1 saturated heterocycles. The van der Waals surface area contributed by atoms with Gasteiger partial charge in [-0.25, -0.2) is 0 Å². The maximum absolute atomic E-state index is 12.3. The number of carbonyl (C=O) groups excluding carboxylic acids is 2. The second kappa shape index (κ2) is 7.02. The normalized spacial score (nSPS) is 16.2. The quantitative estimate of drug-likeness (QED) is 0.603. The SMILES string of the molecule is O=C([O-])CCN1C(=O)/C(=C\c2ccc(-c3ccccc3)o2)SC1=S. The number of carboxylic acid groups (broad SMARTS) is 1. The van der Waals surface area contributed by atoms with Crippen molar-refractivity contribution in [2.24, 2.45) is 0 Å². The van der Waals surface area contributed by atoms with Gasteiger partial charge in [-0.3, -0.25) is 9.69 Å². The number of rotatable bonds is 5. The number of hydrogen-bond acceptors (Lipinski definition) is 6. The average molecular weight is 358 g/mol. The molecule has 1 aliphatic heterocycles. The third-order valence-corrected chi connectivity index (χ3v) is 4.75. The van der Waals surface area contributed by atoms with Crippen LogP contribution in [-0.4, -0.2) is 27.6 Å². The number of amides is 1. The van der Waals surface area contributed by atoms with Gasteiger partial charge in [0.2, 0.25) is 0 Å². The van der Waals surface area contributed by atoms with Crippen LogP contribution in [0.25, 0.3) is 17.4 Å². The lowest BCUT2D eigenvalue weighted by Gasteiger charge is -2.14. The molecule has 1 aromatic heterocycles. The van der Waals surface area contributed by atoms with Gasteiger partial charge in [-0.05, 0) is 12.1 Å². The fourth-order valence-electron chi connectivity index (χ4n) is 2.21. The zero-order valence-electron chi connectivity index (χ0n) is 12.4. The van der Waals surface area contributed by atoms with E-state index in [1.807, 2.05) is 36.4 Å². The van der Waals surface area contributed by atoms with Crippen LogP contribution in [0, 0.1) is 0 Å². The lowest BCUT2D eigenvalue weighted by atomic mass is 10.2. The maximum atomic E-state index is 12.3. The minimum absolute atomic E-state index is 0.0117. The number of furan rings is 1. The molecule has 0 saturated carbocycles. The van der Waals surface area contributed by atoms with Crippen LogP contribution in [0.1, 0.15) is 12.2 Å². The number of benzene rings is 1. The Labute approximate surface area is 148 Å². The summed E-state index contributed by atoms with van der Waals surface area (Å²) in [5.41, 5.74) is 0.943.